The molecule has 6 nitrogen and oxygen atoms in total. The lowest BCUT2D eigenvalue weighted by Gasteiger charge is -2.18. The number of aromatic nitrogens is 2. The number of nitrogen functional groups attached to an aromatic ring is 1. The van der Waals surface area contributed by atoms with Gasteiger partial charge in [0.15, 0.2) is 0 Å². The third-order valence-corrected chi connectivity index (χ3v) is 2.67. The summed E-state index contributed by atoms with van der Waals surface area (Å²) in [6.45, 7) is 3.08. The average Bonchev–Trinajstić information content (AvgIpc) is 2.41. The minimum Gasteiger partial charge on any atom is -0.399 e. The first kappa shape index (κ1) is 13.7. The Hall–Kier alpha value is -2.76. The van der Waals surface area contributed by atoms with Gasteiger partial charge in [-0.2, -0.15) is 0 Å². The number of imide groups is 1. The molecule has 0 aliphatic carbocycles. The Morgan fingerprint density at radius 1 is 1.10 bits per heavy atom. The maximum atomic E-state index is 12.4. The van der Waals surface area contributed by atoms with E-state index in [-0.39, 0.29) is 5.69 Å². The first-order chi connectivity index (χ1) is 9.49. The van der Waals surface area contributed by atoms with Crippen LogP contribution >= 0.6 is 0 Å². The molecule has 0 unspecified atom stereocenters. The van der Waals surface area contributed by atoms with Gasteiger partial charge in [0.2, 0.25) is 5.91 Å². The first-order valence-corrected chi connectivity index (χ1v) is 5.98. The van der Waals surface area contributed by atoms with Gasteiger partial charge in [-0.05, 0) is 31.2 Å². The van der Waals surface area contributed by atoms with Gasteiger partial charge >= 0.3 is 0 Å². The second kappa shape index (κ2) is 5.48. The van der Waals surface area contributed by atoms with Crippen molar-refractivity contribution in [2.24, 2.45) is 0 Å². The fraction of sp³-hybridized carbons (Fsp3) is 0.143. The van der Waals surface area contributed by atoms with Crippen molar-refractivity contribution in [3.63, 3.8) is 0 Å². The summed E-state index contributed by atoms with van der Waals surface area (Å²) >= 11 is 0. The minimum atomic E-state index is -0.519. The van der Waals surface area contributed by atoms with Crippen LogP contribution in [-0.2, 0) is 4.79 Å². The fourth-order valence-corrected chi connectivity index (χ4v) is 1.68. The summed E-state index contributed by atoms with van der Waals surface area (Å²) in [5.41, 5.74) is 7.41. The van der Waals surface area contributed by atoms with Crippen molar-refractivity contribution in [1.29, 1.82) is 0 Å². The minimum absolute atomic E-state index is 0.114. The zero-order chi connectivity index (χ0) is 14.7. The Labute approximate surface area is 116 Å². The molecule has 1 aromatic carbocycles. The largest absolute Gasteiger partial charge is 0.399 e. The highest BCUT2D eigenvalue weighted by atomic mass is 16.2. The Morgan fingerprint density at radius 3 is 2.25 bits per heavy atom. The zero-order valence-corrected chi connectivity index (χ0v) is 11.2. The van der Waals surface area contributed by atoms with E-state index in [1.54, 1.807) is 31.2 Å². The van der Waals surface area contributed by atoms with Gasteiger partial charge in [-0.25, -0.2) is 9.88 Å². The predicted molar refractivity (Wildman–Crippen MR) is 75.1 cm³/mol. The Balaban J connectivity index is 2.38. The summed E-state index contributed by atoms with van der Waals surface area (Å²) in [6.07, 6.45) is 2.83. The number of benzene rings is 1. The number of rotatable bonds is 2. The van der Waals surface area contributed by atoms with E-state index in [4.69, 9.17) is 5.73 Å². The monoisotopic (exact) mass is 270 g/mol. The third-order valence-electron chi connectivity index (χ3n) is 2.67. The van der Waals surface area contributed by atoms with Crippen LogP contribution in [0.3, 0.4) is 0 Å². The molecule has 0 saturated heterocycles. The van der Waals surface area contributed by atoms with Crippen molar-refractivity contribution < 1.29 is 9.59 Å². The quantitative estimate of drug-likeness (QED) is 0.836. The van der Waals surface area contributed by atoms with Crippen LogP contribution in [0.1, 0.15) is 23.1 Å². The molecule has 0 spiro atoms. The topological polar surface area (TPSA) is 89.2 Å². The Bertz CT molecular complexity index is 635. The van der Waals surface area contributed by atoms with Gasteiger partial charge in [-0.3, -0.25) is 14.6 Å². The van der Waals surface area contributed by atoms with Crippen molar-refractivity contribution in [2.45, 2.75) is 13.8 Å². The summed E-state index contributed by atoms with van der Waals surface area (Å²) < 4.78 is 0. The molecule has 2 amide bonds. The van der Waals surface area contributed by atoms with Gasteiger partial charge in [0.25, 0.3) is 5.91 Å². The molecule has 0 aliphatic rings. The molecule has 20 heavy (non-hydrogen) atoms. The van der Waals surface area contributed by atoms with E-state index in [9.17, 15) is 9.59 Å². The van der Waals surface area contributed by atoms with E-state index in [1.165, 1.54) is 19.3 Å². The molecule has 0 saturated carbocycles. The molecule has 6 heteroatoms. The number of carbonyl (C=O) groups excluding carboxylic acids is 2. The van der Waals surface area contributed by atoms with Gasteiger partial charge in [0, 0.05) is 18.8 Å². The van der Waals surface area contributed by atoms with Crippen LogP contribution in [0.5, 0.6) is 0 Å². The Morgan fingerprint density at radius 2 is 1.75 bits per heavy atom. The molecule has 102 valence electrons. The van der Waals surface area contributed by atoms with Crippen LogP contribution in [0.4, 0.5) is 11.4 Å². The molecule has 0 radical (unpaired) electrons. The maximum absolute atomic E-state index is 12.4. The highest BCUT2D eigenvalue weighted by molar-refractivity contribution is 6.19. The molecule has 1 heterocycles. The highest BCUT2D eigenvalue weighted by Gasteiger charge is 2.23. The van der Waals surface area contributed by atoms with Crippen LogP contribution in [-0.4, -0.2) is 21.8 Å². The number of hydrogen-bond donors (Lipinski definition) is 1. The first-order valence-electron chi connectivity index (χ1n) is 5.98. The van der Waals surface area contributed by atoms with Crippen molar-refractivity contribution in [3.05, 3.63) is 48.0 Å². The van der Waals surface area contributed by atoms with Crippen LogP contribution < -0.4 is 10.6 Å². The van der Waals surface area contributed by atoms with Gasteiger partial charge < -0.3 is 5.73 Å². The fourth-order valence-electron chi connectivity index (χ4n) is 1.68. The van der Waals surface area contributed by atoms with E-state index >= 15 is 0 Å². The Kier molecular flexibility index (Phi) is 3.74. The summed E-state index contributed by atoms with van der Waals surface area (Å²) in [7, 11) is 0. The normalized spacial score (nSPS) is 10.1. The predicted octanol–water partition coefficient (Wildman–Crippen LogP) is 1.56. The second-order valence-corrected chi connectivity index (χ2v) is 4.29. The molecular weight excluding hydrogens is 256 g/mol. The number of anilines is 2. The molecule has 0 fully saturated rings. The van der Waals surface area contributed by atoms with E-state index < -0.39 is 11.8 Å². The molecule has 0 bridgehead atoms. The second-order valence-electron chi connectivity index (χ2n) is 4.29. The van der Waals surface area contributed by atoms with Crippen LogP contribution in [0.2, 0.25) is 0 Å². The van der Waals surface area contributed by atoms with E-state index in [0.717, 1.165) is 4.90 Å². The molecule has 2 rings (SSSR count). The van der Waals surface area contributed by atoms with Crippen molar-refractivity contribution in [3.8, 4) is 0 Å². The number of hydrogen-bond acceptors (Lipinski definition) is 5. The zero-order valence-electron chi connectivity index (χ0n) is 11.2. The standard InChI is InChI=1S/C14H14N4O2/c1-9-7-17-13(8-16-9)14(20)18(10(2)19)12-5-3-11(15)4-6-12/h3-8H,15H2,1-2H3. The van der Waals surface area contributed by atoms with Gasteiger partial charge in [0.1, 0.15) is 5.69 Å². The lowest BCUT2D eigenvalue weighted by Crippen LogP contribution is -2.35. The lowest BCUT2D eigenvalue weighted by molar-refractivity contribution is -0.115. The van der Waals surface area contributed by atoms with Crippen LogP contribution in [0.25, 0.3) is 0 Å². The smallest absolute Gasteiger partial charge is 0.285 e. The number of amides is 2. The third kappa shape index (κ3) is 2.80. The molecule has 2 N–H and O–H groups in total. The lowest BCUT2D eigenvalue weighted by atomic mass is 10.2. The van der Waals surface area contributed by atoms with Crippen molar-refractivity contribution >= 4 is 23.2 Å². The van der Waals surface area contributed by atoms with E-state index in [2.05, 4.69) is 9.97 Å². The number of carbonyl (C=O) groups is 2. The van der Waals surface area contributed by atoms with E-state index in [1.807, 2.05) is 0 Å². The molecule has 1 aromatic heterocycles. The molecule has 0 atom stereocenters. The summed E-state index contributed by atoms with van der Waals surface area (Å²) in [6, 6.07) is 6.46. The van der Waals surface area contributed by atoms with Crippen molar-refractivity contribution in [2.75, 3.05) is 10.6 Å². The number of nitrogens with zero attached hydrogens (tertiary/aromatic N) is 3. The molecular formula is C14H14N4O2. The van der Waals surface area contributed by atoms with Gasteiger partial charge in [-0.15, -0.1) is 0 Å². The number of aryl methyl sites for hydroxylation is 1. The van der Waals surface area contributed by atoms with E-state index in [0.29, 0.717) is 17.1 Å². The van der Waals surface area contributed by atoms with Crippen molar-refractivity contribution in [1.82, 2.24) is 9.97 Å². The SMILES string of the molecule is CC(=O)N(C(=O)c1cnc(C)cn1)c1ccc(N)cc1. The molecule has 2 aromatic rings. The van der Waals surface area contributed by atoms with Gasteiger partial charge in [-0.1, -0.05) is 0 Å². The number of nitrogens with two attached hydrogens (primary N) is 1. The van der Waals surface area contributed by atoms with Crippen LogP contribution in [0.15, 0.2) is 36.7 Å². The van der Waals surface area contributed by atoms with Crippen LogP contribution in [0, 0.1) is 6.92 Å². The summed E-state index contributed by atoms with van der Waals surface area (Å²) in [5.74, 6) is -0.920. The highest BCUT2D eigenvalue weighted by Crippen LogP contribution is 2.18. The van der Waals surface area contributed by atoms with Gasteiger partial charge in [0.05, 0.1) is 17.6 Å². The summed E-state index contributed by atoms with van der Waals surface area (Å²) in [5, 5.41) is 0. The molecule has 0 aliphatic heterocycles. The maximum Gasteiger partial charge on any atom is 0.285 e. The average molecular weight is 270 g/mol. The summed E-state index contributed by atoms with van der Waals surface area (Å²) in [4.78, 5) is 33.1.